The third-order valence-corrected chi connectivity index (χ3v) is 6.35. The number of rotatable bonds is 9. The summed E-state index contributed by atoms with van der Waals surface area (Å²) in [7, 11) is 0. The van der Waals surface area contributed by atoms with E-state index in [-0.39, 0.29) is 11.9 Å². The third kappa shape index (κ3) is 5.34. The summed E-state index contributed by atoms with van der Waals surface area (Å²) in [5, 5.41) is 7.42. The number of nitrogens with one attached hydrogen (secondary N) is 1. The van der Waals surface area contributed by atoms with Gasteiger partial charge in [-0.2, -0.15) is 0 Å². The van der Waals surface area contributed by atoms with E-state index in [1.165, 1.54) is 27.1 Å². The van der Waals surface area contributed by atoms with Gasteiger partial charge in [-0.1, -0.05) is 69.3 Å². The smallest absolute Gasteiger partial charge is 0.279 e. The molecule has 1 heterocycles. The monoisotopic (exact) mass is 407 g/mol. The van der Waals surface area contributed by atoms with Crippen molar-refractivity contribution >= 4 is 22.9 Å². The van der Waals surface area contributed by atoms with E-state index in [9.17, 15) is 4.79 Å². The van der Waals surface area contributed by atoms with Crippen LogP contribution in [0.5, 0.6) is 0 Å². The molecule has 0 saturated carbocycles. The van der Waals surface area contributed by atoms with Crippen LogP contribution >= 0.6 is 11.3 Å². The number of hydrogen-bond acceptors (Lipinski definition) is 2. The summed E-state index contributed by atoms with van der Waals surface area (Å²) in [5.41, 5.74) is 5.96. The van der Waals surface area contributed by atoms with Gasteiger partial charge in [-0.25, -0.2) is 0 Å². The van der Waals surface area contributed by atoms with Crippen LogP contribution in [0.3, 0.4) is 0 Å². The molecular weight excluding hydrogens is 376 g/mol. The molecule has 2 aromatic carbocycles. The van der Waals surface area contributed by atoms with E-state index in [1.54, 1.807) is 11.3 Å². The molecule has 0 fully saturated rings. The van der Waals surface area contributed by atoms with Crippen molar-refractivity contribution in [1.82, 2.24) is 0 Å². The van der Waals surface area contributed by atoms with Crippen molar-refractivity contribution in [2.45, 2.75) is 46.1 Å². The lowest BCUT2D eigenvalue weighted by Crippen LogP contribution is -2.87. The van der Waals surface area contributed by atoms with E-state index in [4.69, 9.17) is 0 Å². The zero-order chi connectivity index (χ0) is 20.6. The van der Waals surface area contributed by atoms with E-state index in [0.717, 1.165) is 24.9 Å². The van der Waals surface area contributed by atoms with Gasteiger partial charge in [0, 0.05) is 11.3 Å². The Kier molecular flexibility index (Phi) is 7.62. The molecule has 0 saturated heterocycles. The number of hydrogen-bond donors (Lipinski definition) is 2. The van der Waals surface area contributed by atoms with Gasteiger partial charge in [-0.15, -0.1) is 11.3 Å². The van der Waals surface area contributed by atoms with Crippen molar-refractivity contribution in [3.63, 3.8) is 0 Å². The highest BCUT2D eigenvalue weighted by Crippen LogP contribution is 2.24. The van der Waals surface area contributed by atoms with E-state index in [1.807, 2.05) is 0 Å². The fourth-order valence-electron chi connectivity index (χ4n) is 3.66. The Labute approximate surface area is 178 Å². The summed E-state index contributed by atoms with van der Waals surface area (Å²) in [5.74, 6) is 0.0485. The average molecular weight is 408 g/mol. The topological polar surface area (TPSA) is 45.7 Å². The number of nitrogens with two attached hydrogens (primary N) is 1. The Hall–Kier alpha value is -2.43. The molecule has 4 heteroatoms. The number of carbonyl (C=O) groups excluding carboxylic acids is 1. The summed E-state index contributed by atoms with van der Waals surface area (Å²) < 4.78 is 0. The highest BCUT2D eigenvalue weighted by Gasteiger charge is 2.20. The van der Waals surface area contributed by atoms with Crippen molar-refractivity contribution in [1.29, 1.82) is 0 Å². The van der Waals surface area contributed by atoms with Crippen LogP contribution in [0.4, 0.5) is 5.69 Å². The van der Waals surface area contributed by atoms with Gasteiger partial charge in [0.05, 0.1) is 4.88 Å². The predicted molar refractivity (Wildman–Crippen MR) is 123 cm³/mol. The van der Waals surface area contributed by atoms with Gasteiger partial charge in [-0.05, 0) is 47.4 Å². The molecule has 29 heavy (non-hydrogen) atoms. The minimum Gasteiger partial charge on any atom is -0.328 e. The first kappa shape index (κ1) is 21.3. The van der Waals surface area contributed by atoms with Gasteiger partial charge < -0.3 is 10.6 Å². The first-order chi connectivity index (χ1) is 14.2. The zero-order valence-corrected chi connectivity index (χ0v) is 18.4. The fraction of sp³-hybridized carbons (Fsp3) is 0.320. The van der Waals surface area contributed by atoms with E-state index >= 15 is 0 Å². The number of carbonyl (C=O) groups is 1. The normalized spacial score (nSPS) is 12.0. The minimum absolute atomic E-state index is 0.0485. The molecule has 1 amide bonds. The number of thiophene rings is 1. The zero-order valence-electron chi connectivity index (χ0n) is 17.6. The number of benzene rings is 2. The highest BCUT2D eigenvalue weighted by atomic mass is 32.1. The highest BCUT2D eigenvalue weighted by molar-refractivity contribution is 7.10. The van der Waals surface area contributed by atoms with Crippen LogP contribution in [0.1, 0.15) is 53.9 Å². The molecule has 1 atom stereocenters. The molecule has 3 N–H and O–H groups in total. The Morgan fingerprint density at radius 1 is 0.931 bits per heavy atom. The van der Waals surface area contributed by atoms with E-state index < -0.39 is 0 Å². The van der Waals surface area contributed by atoms with Crippen LogP contribution in [0.25, 0.3) is 0 Å². The number of para-hydroxylation sites is 1. The van der Waals surface area contributed by atoms with Gasteiger partial charge in [0.25, 0.3) is 5.91 Å². The van der Waals surface area contributed by atoms with Crippen LogP contribution in [0.15, 0.2) is 60.0 Å². The second-order valence-electron chi connectivity index (χ2n) is 7.23. The van der Waals surface area contributed by atoms with Gasteiger partial charge in [0.1, 0.15) is 6.04 Å². The largest absolute Gasteiger partial charge is 0.328 e. The fourth-order valence-corrected chi connectivity index (χ4v) is 4.51. The summed E-state index contributed by atoms with van der Waals surface area (Å²) in [4.78, 5) is 14.1. The lowest BCUT2D eigenvalue weighted by molar-refractivity contribution is -0.675. The quantitative estimate of drug-likeness (QED) is 0.529. The maximum Gasteiger partial charge on any atom is 0.279 e. The lowest BCUT2D eigenvalue weighted by atomic mass is 10.0. The second kappa shape index (κ2) is 10.4. The van der Waals surface area contributed by atoms with Gasteiger partial charge in [0.2, 0.25) is 0 Å². The first-order valence-corrected chi connectivity index (χ1v) is 11.4. The number of amides is 1. The van der Waals surface area contributed by atoms with Crippen LogP contribution in [-0.4, -0.2) is 12.5 Å². The van der Waals surface area contributed by atoms with E-state index in [0.29, 0.717) is 6.54 Å². The van der Waals surface area contributed by atoms with Crippen LogP contribution in [0, 0.1) is 0 Å². The Balaban J connectivity index is 1.74. The van der Waals surface area contributed by atoms with Crippen molar-refractivity contribution in [3.8, 4) is 0 Å². The third-order valence-electron chi connectivity index (χ3n) is 5.40. The molecule has 3 nitrogen and oxygen atoms in total. The maximum atomic E-state index is 12.8. The van der Waals surface area contributed by atoms with Crippen LogP contribution in [0.2, 0.25) is 0 Å². The molecule has 0 bridgehead atoms. The van der Waals surface area contributed by atoms with E-state index in [2.05, 4.69) is 91.4 Å². The van der Waals surface area contributed by atoms with Crippen molar-refractivity contribution < 1.29 is 10.1 Å². The molecule has 0 aliphatic rings. The molecular formula is C25H31N2OS+. The Morgan fingerprint density at radius 3 is 2.17 bits per heavy atom. The molecule has 152 valence electrons. The Morgan fingerprint density at radius 2 is 1.62 bits per heavy atom. The van der Waals surface area contributed by atoms with Crippen molar-refractivity contribution in [2.75, 3.05) is 11.9 Å². The van der Waals surface area contributed by atoms with Gasteiger partial charge in [0.15, 0.2) is 6.54 Å². The Bertz CT molecular complexity index is 894. The molecule has 0 aliphatic heterocycles. The molecule has 3 aromatic rings. The predicted octanol–water partition coefficient (Wildman–Crippen LogP) is 4.73. The standard InChI is InChI=1S/C25H30N2OS/c1-4-18-12-14-21(15-13-18)25(22-11-8-16-29-22)26-17-23(28)27-24-19(5-2)9-7-10-20(24)6-3/h7-16,25-26H,4-6,17H2,1-3H3,(H,27,28)/p+1/t25-/m1/s1. The summed E-state index contributed by atoms with van der Waals surface area (Å²) in [6, 6.07) is 19.4. The summed E-state index contributed by atoms with van der Waals surface area (Å²) >= 11 is 1.74. The second-order valence-corrected chi connectivity index (χ2v) is 8.21. The number of anilines is 1. The SMILES string of the molecule is CCc1ccc([C@@H]([NH2+]CC(=O)Nc2c(CC)cccc2CC)c2cccs2)cc1. The number of aryl methyl sites for hydroxylation is 3. The first-order valence-electron chi connectivity index (χ1n) is 10.5. The minimum atomic E-state index is 0.0485. The summed E-state index contributed by atoms with van der Waals surface area (Å²) in [6.45, 7) is 6.81. The average Bonchev–Trinajstić information content (AvgIpc) is 3.29. The molecule has 0 unspecified atom stereocenters. The van der Waals surface area contributed by atoms with Crippen LogP contribution < -0.4 is 10.6 Å². The maximum absolute atomic E-state index is 12.8. The van der Waals surface area contributed by atoms with Gasteiger partial charge >= 0.3 is 0 Å². The van der Waals surface area contributed by atoms with Crippen molar-refractivity contribution in [2.24, 2.45) is 0 Å². The van der Waals surface area contributed by atoms with Crippen molar-refractivity contribution in [3.05, 3.63) is 87.1 Å². The molecule has 1 aromatic heterocycles. The molecule has 3 rings (SSSR count). The van der Waals surface area contributed by atoms with Crippen LogP contribution in [-0.2, 0) is 24.1 Å². The summed E-state index contributed by atoms with van der Waals surface area (Å²) in [6.07, 6.45) is 2.86. The molecule has 0 aliphatic carbocycles. The van der Waals surface area contributed by atoms with Gasteiger partial charge in [-0.3, -0.25) is 4.79 Å². The molecule has 0 radical (unpaired) electrons. The lowest BCUT2D eigenvalue weighted by Gasteiger charge is -2.17. The number of quaternary nitrogens is 1. The molecule has 0 spiro atoms.